The van der Waals surface area contributed by atoms with Gasteiger partial charge in [-0.1, -0.05) is 0 Å². The Balaban J connectivity index is 2.16. The molecule has 0 heterocycles. The number of hydrogen-bond donors (Lipinski definition) is 1. The Kier molecular flexibility index (Phi) is 5.33. The minimum atomic E-state index is -4.33. The number of benzene rings is 1. The second-order valence-electron chi connectivity index (χ2n) is 3.58. The van der Waals surface area contributed by atoms with Gasteiger partial charge in [0.15, 0.2) is 11.6 Å². The minimum absolute atomic E-state index is 0.0593. The summed E-state index contributed by atoms with van der Waals surface area (Å²) < 4.78 is 64.8. The molecule has 0 fully saturated rings. The van der Waals surface area contributed by atoms with Crippen molar-refractivity contribution < 1.29 is 26.7 Å². The Labute approximate surface area is 101 Å². The van der Waals surface area contributed by atoms with Crippen molar-refractivity contribution in [3.63, 3.8) is 0 Å². The van der Waals surface area contributed by atoms with E-state index < -0.39 is 24.4 Å². The zero-order chi connectivity index (χ0) is 13.6. The van der Waals surface area contributed by atoms with E-state index >= 15 is 0 Å². The molecule has 0 unspecified atom stereocenters. The molecular weight excluding hydrogens is 257 g/mol. The van der Waals surface area contributed by atoms with E-state index in [1.807, 2.05) is 0 Å². The lowest BCUT2D eigenvalue weighted by Gasteiger charge is -2.09. The summed E-state index contributed by atoms with van der Waals surface area (Å²) in [6.45, 7) is -1.03. The molecule has 0 aromatic heterocycles. The molecule has 0 saturated carbocycles. The summed E-state index contributed by atoms with van der Waals surface area (Å²) in [5.74, 6) is -1.93. The van der Waals surface area contributed by atoms with Crippen LogP contribution in [0.25, 0.3) is 0 Å². The molecule has 1 aromatic carbocycles. The van der Waals surface area contributed by atoms with Crippen LogP contribution in [0.15, 0.2) is 18.2 Å². The highest BCUT2D eigenvalue weighted by Crippen LogP contribution is 2.15. The third-order valence-electron chi connectivity index (χ3n) is 1.98. The lowest BCUT2D eigenvalue weighted by Crippen LogP contribution is -2.18. The zero-order valence-corrected chi connectivity index (χ0v) is 9.36. The van der Waals surface area contributed by atoms with Gasteiger partial charge in [0.2, 0.25) is 0 Å². The topological polar surface area (TPSA) is 21.3 Å². The third-order valence-corrected chi connectivity index (χ3v) is 1.98. The van der Waals surface area contributed by atoms with E-state index in [-0.39, 0.29) is 6.61 Å². The highest BCUT2D eigenvalue weighted by Gasteiger charge is 2.27. The Hall–Kier alpha value is -1.37. The Morgan fingerprint density at radius 2 is 1.83 bits per heavy atom. The molecule has 18 heavy (non-hydrogen) atoms. The van der Waals surface area contributed by atoms with Gasteiger partial charge in [-0.25, -0.2) is 8.78 Å². The van der Waals surface area contributed by atoms with Crippen LogP contribution in [-0.4, -0.2) is 25.9 Å². The van der Waals surface area contributed by atoms with Crippen LogP contribution >= 0.6 is 0 Å². The lowest BCUT2D eigenvalue weighted by molar-refractivity contribution is -0.173. The van der Waals surface area contributed by atoms with Gasteiger partial charge in [0.05, 0.1) is 0 Å². The van der Waals surface area contributed by atoms with Crippen LogP contribution in [-0.2, 0) is 4.74 Å². The number of hydrogen-bond acceptors (Lipinski definition) is 2. The van der Waals surface area contributed by atoms with Crippen LogP contribution in [0.5, 0.6) is 0 Å². The number of anilines is 1. The van der Waals surface area contributed by atoms with Gasteiger partial charge in [0.1, 0.15) is 6.61 Å². The van der Waals surface area contributed by atoms with E-state index in [0.29, 0.717) is 18.7 Å². The first-order chi connectivity index (χ1) is 8.38. The van der Waals surface area contributed by atoms with Gasteiger partial charge in [0.25, 0.3) is 0 Å². The molecular formula is C11H12F5NO. The summed E-state index contributed by atoms with van der Waals surface area (Å²) in [5, 5.41) is 2.74. The molecule has 7 heteroatoms. The van der Waals surface area contributed by atoms with Gasteiger partial charge >= 0.3 is 6.18 Å². The molecule has 2 nitrogen and oxygen atoms in total. The van der Waals surface area contributed by atoms with Gasteiger partial charge in [-0.05, 0) is 24.6 Å². The van der Waals surface area contributed by atoms with E-state index in [9.17, 15) is 22.0 Å². The number of ether oxygens (including phenoxy) is 1. The van der Waals surface area contributed by atoms with Crippen molar-refractivity contribution in [1.29, 1.82) is 0 Å². The summed E-state index contributed by atoms with van der Waals surface area (Å²) in [4.78, 5) is 0. The Bertz CT molecular complexity index is 380. The minimum Gasteiger partial charge on any atom is -0.385 e. The van der Waals surface area contributed by atoms with Crippen LogP contribution in [0, 0.1) is 11.6 Å². The quantitative estimate of drug-likeness (QED) is 0.631. The molecule has 102 valence electrons. The van der Waals surface area contributed by atoms with E-state index in [2.05, 4.69) is 10.1 Å². The van der Waals surface area contributed by atoms with Crippen LogP contribution < -0.4 is 5.32 Å². The van der Waals surface area contributed by atoms with Crippen molar-refractivity contribution in [2.45, 2.75) is 12.6 Å². The number of rotatable bonds is 6. The van der Waals surface area contributed by atoms with Crippen molar-refractivity contribution >= 4 is 5.69 Å². The molecule has 0 aliphatic carbocycles. The molecule has 0 saturated heterocycles. The first kappa shape index (κ1) is 14.7. The number of halogens is 5. The molecule has 1 rings (SSSR count). The van der Waals surface area contributed by atoms with Gasteiger partial charge in [-0.3, -0.25) is 0 Å². The summed E-state index contributed by atoms with van der Waals surface area (Å²) in [6, 6.07) is 3.29. The predicted octanol–water partition coefficient (Wildman–Crippen LogP) is 3.35. The van der Waals surface area contributed by atoms with Crippen LogP contribution in [0.1, 0.15) is 6.42 Å². The molecule has 0 aliphatic heterocycles. The molecule has 0 radical (unpaired) electrons. The van der Waals surface area contributed by atoms with Crippen molar-refractivity contribution in [2.75, 3.05) is 25.1 Å². The third kappa shape index (κ3) is 5.81. The van der Waals surface area contributed by atoms with E-state index in [0.717, 1.165) is 12.1 Å². The molecule has 0 bridgehead atoms. The molecule has 1 N–H and O–H groups in total. The van der Waals surface area contributed by atoms with E-state index in [1.165, 1.54) is 6.07 Å². The molecule has 0 amide bonds. The smallest absolute Gasteiger partial charge is 0.385 e. The van der Waals surface area contributed by atoms with Crippen LogP contribution in [0.4, 0.5) is 27.6 Å². The fourth-order valence-electron chi connectivity index (χ4n) is 1.20. The molecule has 0 atom stereocenters. The number of alkyl halides is 3. The highest BCUT2D eigenvalue weighted by atomic mass is 19.4. The maximum atomic E-state index is 12.8. The van der Waals surface area contributed by atoms with Crippen molar-refractivity contribution in [2.24, 2.45) is 0 Å². The zero-order valence-electron chi connectivity index (χ0n) is 9.36. The highest BCUT2D eigenvalue weighted by molar-refractivity contribution is 5.43. The number of nitrogens with one attached hydrogen (secondary N) is 1. The molecule has 1 aromatic rings. The molecule has 0 spiro atoms. The Morgan fingerprint density at radius 3 is 2.44 bits per heavy atom. The standard InChI is InChI=1S/C11H12F5NO/c12-9-3-2-8(6-10(9)13)17-4-1-5-18-7-11(14,15)16/h2-3,6,17H,1,4-5,7H2. The summed E-state index contributed by atoms with van der Waals surface area (Å²) >= 11 is 0. The van der Waals surface area contributed by atoms with Crippen molar-refractivity contribution in [1.82, 2.24) is 0 Å². The monoisotopic (exact) mass is 269 g/mol. The second kappa shape index (κ2) is 6.53. The average Bonchev–Trinajstić information content (AvgIpc) is 2.26. The van der Waals surface area contributed by atoms with Gasteiger partial charge in [-0.15, -0.1) is 0 Å². The molecule has 0 aliphatic rings. The normalized spacial score (nSPS) is 11.6. The lowest BCUT2D eigenvalue weighted by atomic mass is 10.3. The van der Waals surface area contributed by atoms with Crippen molar-refractivity contribution in [3.8, 4) is 0 Å². The van der Waals surface area contributed by atoms with E-state index in [4.69, 9.17) is 0 Å². The van der Waals surface area contributed by atoms with Gasteiger partial charge in [-0.2, -0.15) is 13.2 Å². The van der Waals surface area contributed by atoms with Crippen molar-refractivity contribution in [3.05, 3.63) is 29.8 Å². The van der Waals surface area contributed by atoms with Gasteiger partial charge in [0, 0.05) is 18.8 Å². The fraction of sp³-hybridized carbons (Fsp3) is 0.455. The maximum absolute atomic E-state index is 12.8. The first-order valence-corrected chi connectivity index (χ1v) is 5.22. The second-order valence-corrected chi connectivity index (χ2v) is 3.58. The van der Waals surface area contributed by atoms with Crippen LogP contribution in [0.2, 0.25) is 0 Å². The van der Waals surface area contributed by atoms with Gasteiger partial charge < -0.3 is 10.1 Å². The van der Waals surface area contributed by atoms with E-state index in [1.54, 1.807) is 0 Å². The Morgan fingerprint density at radius 1 is 1.11 bits per heavy atom. The summed E-state index contributed by atoms with van der Waals surface area (Å²) in [5.41, 5.74) is 0.365. The fourth-order valence-corrected chi connectivity index (χ4v) is 1.20. The largest absolute Gasteiger partial charge is 0.411 e. The SMILES string of the molecule is Fc1ccc(NCCCOCC(F)(F)F)cc1F. The van der Waals surface area contributed by atoms with Crippen LogP contribution in [0.3, 0.4) is 0 Å². The summed E-state index contributed by atoms with van der Waals surface area (Å²) in [6.07, 6.45) is -4.00. The summed E-state index contributed by atoms with van der Waals surface area (Å²) in [7, 11) is 0. The predicted molar refractivity (Wildman–Crippen MR) is 56.3 cm³/mol. The first-order valence-electron chi connectivity index (χ1n) is 5.22. The maximum Gasteiger partial charge on any atom is 0.411 e. The average molecular weight is 269 g/mol.